The first-order valence-electron chi connectivity index (χ1n) is 14.3. The lowest BCUT2D eigenvalue weighted by Crippen LogP contribution is -2.22. The topological polar surface area (TPSA) is 80.3 Å². The summed E-state index contributed by atoms with van der Waals surface area (Å²) in [7, 11) is 1.43. The lowest BCUT2D eigenvalue weighted by molar-refractivity contribution is -0.162. The Morgan fingerprint density at radius 2 is 1.68 bits per heavy atom. The molecule has 0 aromatic heterocycles. The molecule has 7 heteroatoms. The highest BCUT2D eigenvalue weighted by molar-refractivity contribution is 5.70. The van der Waals surface area contributed by atoms with Crippen molar-refractivity contribution in [2.24, 2.45) is 0 Å². The van der Waals surface area contributed by atoms with E-state index in [-0.39, 0.29) is 18.2 Å². The number of esters is 2. The molecule has 0 saturated carbocycles. The van der Waals surface area contributed by atoms with Crippen LogP contribution in [0.1, 0.15) is 102 Å². The van der Waals surface area contributed by atoms with Crippen molar-refractivity contribution in [3.05, 3.63) is 29.3 Å². The molecule has 0 aliphatic carbocycles. The Labute approximate surface area is 223 Å². The van der Waals surface area contributed by atoms with E-state index in [4.69, 9.17) is 23.7 Å². The number of unbranched alkanes of at least 4 members (excludes halogenated alkanes) is 6. The third kappa shape index (κ3) is 13.8. The SMILES string of the molecule is CCOC(=O)CCCCCCOc1cccc(CCCCCCOC2CCCCO2)c1CCC(=O)OC. The molecule has 210 valence electrons. The standard InChI is InChI=1S/C30H48O7/c1-3-34-29(32)18-9-5-7-11-22-35-27-17-14-16-25(26(27)20-21-28(31)33-2)15-8-4-6-12-23-36-30-19-10-13-24-37-30/h14,16-17,30H,3-13,15,18-24H2,1-2H3. The van der Waals surface area contributed by atoms with Crippen molar-refractivity contribution in [2.75, 3.05) is 33.5 Å². The summed E-state index contributed by atoms with van der Waals surface area (Å²) in [5.74, 6) is 0.547. The number of hydrogen-bond donors (Lipinski definition) is 0. The Balaban J connectivity index is 1.73. The molecule has 0 spiro atoms. The summed E-state index contributed by atoms with van der Waals surface area (Å²) >= 11 is 0. The molecule has 0 N–H and O–H groups in total. The minimum atomic E-state index is -0.204. The molecule has 1 aliphatic heterocycles. The van der Waals surface area contributed by atoms with E-state index in [1.165, 1.54) is 19.1 Å². The number of carbonyl (C=O) groups is 2. The minimum Gasteiger partial charge on any atom is -0.493 e. The molecule has 2 rings (SSSR count). The first-order chi connectivity index (χ1) is 18.1. The van der Waals surface area contributed by atoms with Crippen molar-refractivity contribution >= 4 is 11.9 Å². The molecule has 1 aromatic carbocycles. The molecule has 1 heterocycles. The predicted octanol–water partition coefficient (Wildman–Crippen LogP) is 6.33. The average molecular weight is 521 g/mol. The molecular formula is C30H48O7. The van der Waals surface area contributed by atoms with Crippen LogP contribution in [-0.4, -0.2) is 51.8 Å². The van der Waals surface area contributed by atoms with E-state index in [0.717, 1.165) is 95.2 Å². The number of methoxy groups -OCH3 is 1. The van der Waals surface area contributed by atoms with Gasteiger partial charge in [0, 0.05) is 26.1 Å². The highest BCUT2D eigenvalue weighted by Crippen LogP contribution is 2.26. The van der Waals surface area contributed by atoms with E-state index >= 15 is 0 Å². The summed E-state index contributed by atoms with van der Waals surface area (Å²) in [6, 6.07) is 6.20. The Morgan fingerprint density at radius 3 is 2.43 bits per heavy atom. The molecule has 1 atom stereocenters. The van der Waals surface area contributed by atoms with Gasteiger partial charge in [-0.2, -0.15) is 0 Å². The zero-order valence-corrected chi connectivity index (χ0v) is 23.1. The normalized spacial score (nSPS) is 15.4. The molecule has 0 bridgehead atoms. The lowest BCUT2D eigenvalue weighted by atomic mass is 9.96. The Morgan fingerprint density at radius 1 is 0.892 bits per heavy atom. The molecule has 0 amide bonds. The number of benzene rings is 1. The molecule has 1 fully saturated rings. The highest BCUT2D eigenvalue weighted by atomic mass is 16.7. The van der Waals surface area contributed by atoms with Crippen molar-refractivity contribution in [3.8, 4) is 5.75 Å². The van der Waals surface area contributed by atoms with Crippen molar-refractivity contribution in [1.29, 1.82) is 0 Å². The van der Waals surface area contributed by atoms with Crippen LogP contribution in [0.15, 0.2) is 18.2 Å². The molecule has 1 aromatic rings. The van der Waals surface area contributed by atoms with Crippen molar-refractivity contribution in [3.63, 3.8) is 0 Å². The maximum atomic E-state index is 11.8. The summed E-state index contributed by atoms with van der Waals surface area (Å²) in [6.45, 7) is 4.48. The summed E-state index contributed by atoms with van der Waals surface area (Å²) in [5.41, 5.74) is 2.37. The van der Waals surface area contributed by atoms with Crippen LogP contribution < -0.4 is 4.74 Å². The fourth-order valence-electron chi connectivity index (χ4n) is 4.56. The number of rotatable bonds is 20. The summed E-state index contributed by atoms with van der Waals surface area (Å²) in [5, 5.41) is 0. The van der Waals surface area contributed by atoms with Gasteiger partial charge in [0.15, 0.2) is 6.29 Å². The van der Waals surface area contributed by atoms with Gasteiger partial charge >= 0.3 is 11.9 Å². The van der Waals surface area contributed by atoms with Gasteiger partial charge in [-0.05, 0) is 81.9 Å². The maximum Gasteiger partial charge on any atom is 0.305 e. The maximum absolute atomic E-state index is 11.8. The summed E-state index contributed by atoms with van der Waals surface area (Å²) in [4.78, 5) is 23.2. The Bertz CT molecular complexity index is 758. The number of ether oxygens (including phenoxy) is 5. The molecule has 1 unspecified atom stereocenters. The third-order valence-corrected chi connectivity index (χ3v) is 6.66. The van der Waals surface area contributed by atoms with Gasteiger partial charge in [-0.25, -0.2) is 0 Å². The first-order valence-corrected chi connectivity index (χ1v) is 14.3. The van der Waals surface area contributed by atoms with Crippen molar-refractivity contribution in [1.82, 2.24) is 0 Å². The van der Waals surface area contributed by atoms with Gasteiger partial charge in [0.05, 0.1) is 20.3 Å². The average Bonchev–Trinajstić information content (AvgIpc) is 2.91. The van der Waals surface area contributed by atoms with E-state index in [1.807, 2.05) is 19.1 Å². The first kappa shape index (κ1) is 31.1. The summed E-state index contributed by atoms with van der Waals surface area (Å²) in [6.07, 6.45) is 14.0. The van der Waals surface area contributed by atoms with Gasteiger partial charge < -0.3 is 23.7 Å². The van der Waals surface area contributed by atoms with Crippen LogP contribution in [0.25, 0.3) is 0 Å². The van der Waals surface area contributed by atoms with Crippen LogP contribution in [0.2, 0.25) is 0 Å². The van der Waals surface area contributed by atoms with Crippen LogP contribution in [-0.2, 0) is 41.4 Å². The van der Waals surface area contributed by atoms with Crippen molar-refractivity contribution < 1.29 is 33.3 Å². The van der Waals surface area contributed by atoms with E-state index in [9.17, 15) is 9.59 Å². The monoisotopic (exact) mass is 520 g/mol. The largest absolute Gasteiger partial charge is 0.493 e. The fraction of sp³-hybridized carbons (Fsp3) is 0.733. The van der Waals surface area contributed by atoms with Crippen LogP contribution in [0.5, 0.6) is 5.75 Å². The van der Waals surface area contributed by atoms with Gasteiger partial charge in [0.2, 0.25) is 0 Å². The number of hydrogen-bond acceptors (Lipinski definition) is 7. The molecule has 37 heavy (non-hydrogen) atoms. The van der Waals surface area contributed by atoms with Gasteiger partial charge in [0.25, 0.3) is 0 Å². The van der Waals surface area contributed by atoms with Gasteiger partial charge in [0.1, 0.15) is 5.75 Å². The zero-order valence-electron chi connectivity index (χ0n) is 23.1. The molecule has 7 nitrogen and oxygen atoms in total. The fourth-order valence-corrected chi connectivity index (χ4v) is 4.56. The van der Waals surface area contributed by atoms with Gasteiger partial charge in [-0.15, -0.1) is 0 Å². The lowest BCUT2D eigenvalue weighted by Gasteiger charge is -2.22. The van der Waals surface area contributed by atoms with Crippen LogP contribution in [0.4, 0.5) is 0 Å². The molecule has 1 aliphatic rings. The van der Waals surface area contributed by atoms with Crippen LogP contribution >= 0.6 is 0 Å². The third-order valence-electron chi connectivity index (χ3n) is 6.66. The molecule has 1 saturated heterocycles. The Kier molecular flexibility index (Phi) is 16.7. The second-order valence-corrected chi connectivity index (χ2v) is 9.62. The second-order valence-electron chi connectivity index (χ2n) is 9.62. The van der Waals surface area contributed by atoms with Gasteiger partial charge in [-0.3, -0.25) is 9.59 Å². The van der Waals surface area contributed by atoms with E-state index in [2.05, 4.69) is 6.07 Å². The van der Waals surface area contributed by atoms with Crippen LogP contribution in [0, 0.1) is 0 Å². The second kappa shape index (κ2) is 19.9. The Hall–Kier alpha value is -2.12. The van der Waals surface area contributed by atoms with Gasteiger partial charge in [-0.1, -0.05) is 37.8 Å². The van der Waals surface area contributed by atoms with Crippen LogP contribution in [0.3, 0.4) is 0 Å². The predicted molar refractivity (Wildman–Crippen MR) is 144 cm³/mol. The quantitative estimate of drug-likeness (QED) is 0.147. The van der Waals surface area contributed by atoms with E-state index < -0.39 is 0 Å². The molecular weight excluding hydrogens is 472 g/mol. The number of carbonyl (C=O) groups excluding carboxylic acids is 2. The smallest absolute Gasteiger partial charge is 0.305 e. The van der Waals surface area contributed by atoms with E-state index in [0.29, 0.717) is 32.5 Å². The van der Waals surface area contributed by atoms with E-state index in [1.54, 1.807) is 0 Å². The highest BCUT2D eigenvalue weighted by Gasteiger charge is 2.14. The van der Waals surface area contributed by atoms with Crippen molar-refractivity contribution in [2.45, 2.75) is 110 Å². The zero-order chi connectivity index (χ0) is 26.6. The minimum absolute atomic E-state index is 0.00143. The molecule has 0 radical (unpaired) electrons. The summed E-state index contributed by atoms with van der Waals surface area (Å²) < 4.78 is 27.4. The number of aryl methyl sites for hydroxylation is 1.